The molecule has 1 aliphatic carbocycles. The number of hydrogen-bond acceptors (Lipinski definition) is 4. The summed E-state index contributed by atoms with van der Waals surface area (Å²) in [5.74, 6) is 1.04. The molecule has 0 amide bonds. The molecule has 2 saturated heterocycles. The van der Waals surface area contributed by atoms with Gasteiger partial charge in [-0.2, -0.15) is 0 Å². The molecule has 2 bridgehead atoms. The topological polar surface area (TPSA) is 79.8 Å². The SMILES string of the molecule is CCNC(=NCC1(CS(C)(=O)=O)CC1)NC1CC2CCC1O2. The Labute approximate surface area is 133 Å². The summed E-state index contributed by atoms with van der Waals surface area (Å²) < 4.78 is 28.9. The van der Waals surface area contributed by atoms with Gasteiger partial charge in [0.15, 0.2) is 5.96 Å². The van der Waals surface area contributed by atoms with E-state index in [9.17, 15) is 8.42 Å². The molecule has 3 rings (SSSR count). The number of ether oxygens (including phenoxy) is 1. The highest BCUT2D eigenvalue weighted by molar-refractivity contribution is 7.90. The number of guanidine groups is 1. The summed E-state index contributed by atoms with van der Waals surface area (Å²) in [6.45, 7) is 3.42. The molecular weight excluding hydrogens is 302 g/mol. The van der Waals surface area contributed by atoms with Crippen LogP contribution in [0.25, 0.3) is 0 Å². The van der Waals surface area contributed by atoms with Gasteiger partial charge in [-0.15, -0.1) is 0 Å². The van der Waals surface area contributed by atoms with Crippen molar-refractivity contribution < 1.29 is 13.2 Å². The molecule has 2 heterocycles. The molecule has 0 aromatic rings. The van der Waals surface area contributed by atoms with E-state index in [0.717, 1.165) is 38.2 Å². The number of aliphatic imine (C=N–C) groups is 1. The summed E-state index contributed by atoms with van der Waals surface area (Å²) in [4.78, 5) is 4.65. The van der Waals surface area contributed by atoms with E-state index >= 15 is 0 Å². The van der Waals surface area contributed by atoms with Crippen LogP contribution in [0, 0.1) is 5.41 Å². The molecule has 0 aromatic heterocycles. The van der Waals surface area contributed by atoms with Crippen LogP contribution in [0.1, 0.15) is 39.0 Å². The smallest absolute Gasteiger partial charge is 0.191 e. The van der Waals surface area contributed by atoms with E-state index in [1.807, 2.05) is 6.92 Å². The molecule has 1 saturated carbocycles. The Balaban J connectivity index is 1.59. The van der Waals surface area contributed by atoms with Crippen molar-refractivity contribution in [3.05, 3.63) is 0 Å². The van der Waals surface area contributed by atoms with Gasteiger partial charge in [0.25, 0.3) is 0 Å². The number of hydrogen-bond donors (Lipinski definition) is 2. The van der Waals surface area contributed by atoms with Gasteiger partial charge >= 0.3 is 0 Å². The molecule has 6 nitrogen and oxygen atoms in total. The number of nitrogens with zero attached hydrogens (tertiary/aromatic N) is 1. The third kappa shape index (κ3) is 3.93. The van der Waals surface area contributed by atoms with Gasteiger partial charge in [0, 0.05) is 24.8 Å². The minimum atomic E-state index is -2.94. The van der Waals surface area contributed by atoms with Gasteiger partial charge in [-0.05, 0) is 39.0 Å². The maximum atomic E-state index is 11.5. The minimum absolute atomic E-state index is 0.124. The fraction of sp³-hybridized carbons (Fsp3) is 0.933. The van der Waals surface area contributed by atoms with Crippen LogP contribution in [0.2, 0.25) is 0 Å². The van der Waals surface area contributed by atoms with Crippen molar-refractivity contribution in [3.63, 3.8) is 0 Å². The molecule has 126 valence electrons. The molecule has 0 spiro atoms. The fourth-order valence-corrected chi connectivity index (χ4v) is 5.11. The second-order valence-corrected chi connectivity index (χ2v) is 9.27. The molecule has 3 aliphatic rings. The van der Waals surface area contributed by atoms with Crippen LogP contribution >= 0.6 is 0 Å². The van der Waals surface area contributed by atoms with E-state index in [4.69, 9.17) is 4.74 Å². The highest BCUT2D eigenvalue weighted by Crippen LogP contribution is 2.46. The Morgan fingerprint density at radius 2 is 2.14 bits per heavy atom. The van der Waals surface area contributed by atoms with Crippen molar-refractivity contribution in [2.24, 2.45) is 10.4 Å². The molecule has 22 heavy (non-hydrogen) atoms. The monoisotopic (exact) mass is 329 g/mol. The Kier molecular flexibility index (Phi) is 4.38. The fourth-order valence-electron chi connectivity index (χ4n) is 3.61. The number of sulfone groups is 1. The normalized spacial score (nSPS) is 33.0. The summed E-state index contributed by atoms with van der Waals surface area (Å²) >= 11 is 0. The van der Waals surface area contributed by atoms with Crippen LogP contribution < -0.4 is 10.6 Å². The quantitative estimate of drug-likeness (QED) is 0.553. The van der Waals surface area contributed by atoms with Gasteiger partial charge < -0.3 is 15.4 Å². The average Bonchev–Trinajstić information content (AvgIpc) is 2.87. The van der Waals surface area contributed by atoms with Crippen molar-refractivity contribution in [2.45, 2.75) is 57.3 Å². The third-order valence-electron chi connectivity index (χ3n) is 4.87. The Bertz CT molecular complexity index is 542. The van der Waals surface area contributed by atoms with Crippen molar-refractivity contribution >= 4 is 15.8 Å². The molecule has 2 aliphatic heterocycles. The van der Waals surface area contributed by atoms with Crippen LogP contribution in [0.5, 0.6) is 0 Å². The van der Waals surface area contributed by atoms with Crippen LogP contribution in [-0.4, -0.2) is 57.7 Å². The summed E-state index contributed by atoms with van der Waals surface area (Å²) in [5, 5.41) is 6.74. The first kappa shape index (κ1) is 16.1. The number of nitrogens with one attached hydrogen (secondary N) is 2. The standard InChI is InChI=1S/C15H27N3O3S/c1-3-16-14(18-12-8-11-4-5-13(12)21-11)17-9-15(6-7-15)10-22(2,19)20/h11-13H,3-10H2,1-2H3,(H2,16,17,18). The van der Waals surface area contributed by atoms with Crippen molar-refractivity contribution in [1.82, 2.24) is 10.6 Å². The van der Waals surface area contributed by atoms with E-state index in [-0.39, 0.29) is 11.2 Å². The average molecular weight is 329 g/mol. The first-order chi connectivity index (χ1) is 10.4. The van der Waals surface area contributed by atoms with Crippen molar-refractivity contribution in [2.75, 3.05) is 25.1 Å². The Morgan fingerprint density at radius 1 is 1.36 bits per heavy atom. The molecule has 2 N–H and O–H groups in total. The summed E-state index contributed by atoms with van der Waals surface area (Å²) in [7, 11) is -2.94. The van der Waals surface area contributed by atoms with E-state index in [2.05, 4.69) is 15.6 Å². The highest BCUT2D eigenvalue weighted by atomic mass is 32.2. The van der Waals surface area contributed by atoms with Gasteiger partial charge in [0.05, 0.1) is 24.0 Å². The molecule has 0 radical (unpaired) electrons. The zero-order valence-corrected chi connectivity index (χ0v) is 14.3. The highest BCUT2D eigenvalue weighted by Gasteiger charge is 2.45. The van der Waals surface area contributed by atoms with Crippen molar-refractivity contribution in [1.29, 1.82) is 0 Å². The molecular formula is C15H27N3O3S. The van der Waals surface area contributed by atoms with E-state index < -0.39 is 9.84 Å². The first-order valence-electron chi connectivity index (χ1n) is 8.27. The van der Waals surface area contributed by atoms with E-state index in [1.54, 1.807) is 0 Å². The number of fused-ring (bicyclic) bond motifs is 2. The lowest BCUT2D eigenvalue weighted by Gasteiger charge is -2.23. The van der Waals surface area contributed by atoms with Gasteiger partial charge in [0.1, 0.15) is 9.84 Å². The Morgan fingerprint density at radius 3 is 2.64 bits per heavy atom. The molecule has 3 atom stereocenters. The van der Waals surface area contributed by atoms with Gasteiger partial charge in [-0.1, -0.05) is 0 Å². The Hall–Kier alpha value is -0.820. The lowest BCUT2D eigenvalue weighted by Crippen LogP contribution is -2.47. The number of rotatable bonds is 6. The molecule has 7 heteroatoms. The van der Waals surface area contributed by atoms with Crippen LogP contribution in [0.4, 0.5) is 0 Å². The maximum Gasteiger partial charge on any atom is 0.191 e. The predicted octanol–water partition coefficient (Wildman–Crippen LogP) is 0.686. The van der Waals surface area contributed by atoms with Crippen LogP contribution in [-0.2, 0) is 14.6 Å². The van der Waals surface area contributed by atoms with Gasteiger partial charge in [-0.3, -0.25) is 4.99 Å². The maximum absolute atomic E-state index is 11.5. The third-order valence-corrected chi connectivity index (χ3v) is 6.01. The zero-order valence-electron chi connectivity index (χ0n) is 13.5. The summed E-state index contributed by atoms with van der Waals surface area (Å²) in [5.41, 5.74) is -0.124. The van der Waals surface area contributed by atoms with Crippen molar-refractivity contribution in [3.8, 4) is 0 Å². The van der Waals surface area contributed by atoms with Crippen LogP contribution in [0.15, 0.2) is 4.99 Å². The lowest BCUT2D eigenvalue weighted by molar-refractivity contribution is 0.0992. The molecule has 3 unspecified atom stereocenters. The van der Waals surface area contributed by atoms with Crippen LogP contribution in [0.3, 0.4) is 0 Å². The first-order valence-corrected chi connectivity index (χ1v) is 10.3. The van der Waals surface area contributed by atoms with E-state index in [0.29, 0.717) is 24.8 Å². The second-order valence-electron chi connectivity index (χ2n) is 7.13. The minimum Gasteiger partial charge on any atom is -0.373 e. The molecule has 0 aromatic carbocycles. The predicted molar refractivity (Wildman–Crippen MR) is 86.8 cm³/mol. The summed E-state index contributed by atoms with van der Waals surface area (Å²) in [6, 6.07) is 0.335. The van der Waals surface area contributed by atoms with Gasteiger partial charge in [-0.25, -0.2) is 8.42 Å². The lowest BCUT2D eigenvalue weighted by atomic mass is 9.96. The summed E-state index contributed by atoms with van der Waals surface area (Å²) in [6.07, 6.45) is 7.29. The molecule has 3 fully saturated rings. The van der Waals surface area contributed by atoms with Gasteiger partial charge in [0.2, 0.25) is 0 Å². The zero-order chi connectivity index (χ0) is 15.8. The largest absolute Gasteiger partial charge is 0.373 e. The second kappa shape index (κ2) is 6.00. The van der Waals surface area contributed by atoms with E-state index in [1.165, 1.54) is 12.7 Å².